The first-order valence-corrected chi connectivity index (χ1v) is 7.03. The molecule has 0 spiro atoms. The van der Waals surface area contributed by atoms with Crippen molar-refractivity contribution in [1.29, 1.82) is 0 Å². The summed E-state index contributed by atoms with van der Waals surface area (Å²) < 4.78 is 0. The van der Waals surface area contributed by atoms with Crippen LogP contribution in [0.25, 0.3) is 0 Å². The van der Waals surface area contributed by atoms with Crippen LogP contribution in [0.2, 0.25) is 0 Å². The molecule has 0 aliphatic rings. The SMILES string of the molecule is O=C(N/N=C\c1cc([N+](=O)[O-])cc([N+](=O)[O-])c1O)[C@H](O)c1ccccc1. The van der Waals surface area contributed by atoms with E-state index in [-0.39, 0.29) is 5.56 Å². The molecule has 0 unspecified atom stereocenters. The lowest BCUT2D eigenvalue weighted by molar-refractivity contribution is -0.394. The van der Waals surface area contributed by atoms with Crippen molar-refractivity contribution < 1.29 is 24.9 Å². The fourth-order valence-electron chi connectivity index (χ4n) is 1.98. The van der Waals surface area contributed by atoms with E-state index in [0.29, 0.717) is 11.6 Å². The zero-order chi connectivity index (χ0) is 19.3. The van der Waals surface area contributed by atoms with Crippen LogP contribution in [-0.2, 0) is 4.79 Å². The van der Waals surface area contributed by atoms with Crippen LogP contribution in [0.3, 0.4) is 0 Å². The number of hydrazone groups is 1. The molecule has 11 heteroatoms. The molecule has 0 saturated heterocycles. The van der Waals surface area contributed by atoms with E-state index in [0.717, 1.165) is 12.3 Å². The molecule has 3 N–H and O–H groups in total. The number of nitrogens with zero attached hydrogens (tertiary/aromatic N) is 3. The van der Waals surface area contributed by atoms with Gasteiger partial charge >= 0.3 is 5.69 Å². The molecule has 0 aliphatic heterocycles. The zero-order valence-corrected chi connectivity index (χ0v) is 13.0. The Balaban J connectivity index is 2.21. The number of hydrogen-bond donors (Lipinski definition) is 3. The number of non-ortho nitro benzene ring substituents is 1. The van der Waals surface area contributed by atoms with E-state index in [1.165, 1.54) is 12.1 Å². The second-order valence-electron chi connectivity index (χ2n) is 4.96. The van der Waals surface area contributed by atoms with Gasteiger partial charge in [0.1, 0.15) is 0 Å². The molecule has 0 fully saturated rings. The van der Waals surface area contributed by atoms with E-state index in [4.69, 9.17) is 0 Å². The molecule has 2 rings (SSSR count). The fraction of sp³-hybridized carbons (Fsp3) is 0.0667. The first-order valence-electron chi connectivity index (χ1n) is 7.03. The van der Waals surface area contributed by atoms with Crippen molar-refractivity contribution >= 4 is 23.5 Å². The van der Waals surface area contributed by atoms with Crippen LogP contribution in [0, 0.1) is 20.2 Å². The minimum absolute atomic E-state index is 0.314. The maximum absolute atomic E-state index is 11.8. The number of hydrogen-bond acceptors (Lipinski definition) is 8. The largest absolute Gasteiger partial charge is 0.502 e. The molecule has 0 aliphatic carbocycles. The third-order valence-electron chi connectivity index (χ3n) is 3.25. The second kappa shape index (κ2) is 7.81. The summed E-state index contributed by atoms with van der Waals surface area (Å²) in [5.74, 6) is -1.74. The van der Waals surface area contributed by atoms with Crippen LogP contribution in [0.5, 0.6) is 5.75 Å². The average Bonchev–Trinajstić information content (AvgIpc) is 2.62. The minimum Gasteiger partial charge on any atom is -0.502 e. The summed E-state index contributed by atoms with van der Waals surface area (Å²) in [6.45, 7) is 0. The fourth-order valence-corrected chi connectivity index (χ4v) is 1.98. The summed E-state index contributed by atoms with van der Waals surface area (Å²) in [7, 11) is 0. The maximum Gasteiger partial charge on any atom is 0.318 e. The van der Waals surface area contributed by atoms with E-state index in [2.05, 4.69) is 5.10 Å². The van der Waals surface area contributed by atoms with Crippen molar-refractivity contribution in [2.75, 3.05) is 0 Å². The highest BCUT2D eigenvalue weighted by Gasteiger charge is 2.23. The normalized spacial score (nSPS) is 11.9. The van der Waals surface area contributed by atoms with E-state index in [9.17, 15) is 35.2 Å². The van der Waals surface area contributed by atoms with Crippen LogP contribution in [0.1, 0.15) is 17.2 Å². The van der Waals surface area contributed by atoms with Gasteiger partial charge in [-0.1, -0.05) is 30.3 Å². The van der Waals surface area contributed by atoms with Gasteiger partial charge in [0.15, 0.2) is 6.10 Å². The first-order chi connectivity index (χ1) is 12.3. The number of nitrogens with one attached hydrogen (secondary N) is 1. The van der Waals surface area contributed by atoms with Gasteiger partial charge < -0.3 is 10.2 Å². The number of aliphatic hydroxyl groups excluding tert-OH is 1. The number of aliphatic hydroxyl groups is 1. The number of carbonyl (C=O) groups excluding carboxylic acids is 1. The number of aromatic hydroxyl groups is 1. The van der Waals surface area contributed by atoms with Crippen molar-refractivity contribution in [2.24, 2.45) is 5.10 Å². The van der Waals surface area contributed by atoms with Gasteiger partial charge in [-0.2, -0.15) is 5.10 Å². The van der Waals surface area contributed by atoms with Gasteiger partial charge in [-0.05, 0) is 5.56 Å². The quantitative estimate of drug-likeness (QED) is 0.397. The van der Waals surface area contributed by atoms with Gasteiger partial charge in [-0.15, -0.1) is 0 Å². The van der Waals surface area contributed by atoms with Crippen LogP contribution >= 0.6 is 0 Å². The Morgan fingerprint density at radius 1 is 1.15 bits per heavy atom. The van der Waals surface area contributed by atoms with Crippen molar-refractivity contribution in [3.63, 3.8) is 0 Å². The molecular weight excluding hydrogens is 348 g/mol. The first kappa shape index (κ1) is 18.5. The van der Waals surface area contributed by atoms with Crippen molar-refractivity contribution in [3.8, 4) is 5.75 Å². The molecule has 0 saturated carbocycles. The maximum atomic E-state index is 11.8. The zero-order valence-electron chi connectivity index (χ0n) is 13.0. The minimum atomic E-state index is -1.51. The van der Waals surface area contributed by atoms with Crippen molar-refractivity contribution in [3.05, 3.63) is 73.8 Å². The van der Waals surface area contributed by atoms with Gasteiger partial charge in [0.2, 0.25) is 5.75 Å². The number of benzene rings is 2. The summed E-state index contributed by atoms with van der Waals surface area (Å²) in [5.41, 5.74) is 0.440. The Morgan fingerprint density at radius 2 is 1.81 bits per heavy atom. The number of carbonyl (C=O) groups is 1. The molecule has 11 nitrogen and oxygen atoms in total. The predicted octanol–water partition coefficient (Wildman–Crippen LogP) is 1.39. The molecule has 2 aromatic rings. The van der Waals surface area contributed by atoms with E-state index < -0.39 is 39.0 Å². The summed E-state index contributed by atoms with van der Waals surface area (Å²) >= 11 is 0. The van der Waals surface area contributed by atoms with Crippen LogP contribution in [-0.4, -0.2) is 32.2 Å². The van der Waals surface area contributed by atoms with E-state index in [1.807, 2.05) is 5.43 Å². The number of amides is 1. The predicted molar refractivity (Wildman–Crippen MR) is 88.6 cm³/mol. The molecule has 0 radical (unpaired) electrons. The van der Waals surface area contributed by atoms with Crippen molar-refractivity contribution in [2.45, 2.75) is 6.10 Å². The van der Waals surface area contributed by atoms with E-state index >= 15 is 0 Å². The third-order valence-corrected chi connectivity index (χ3v) is 3.25. The molecular formula is C15H12N4O7. The highest BCUT2D eigenvalue weighted by atomic mass is 16.6. The van der Waals surface area contributed by atoms with Crippen LogP contribution in [0.15, 0.2) is 47.6 Å². The Labute approximate surface area is 145 Å². The highest BCUT2D eigenvalue weighted by Crippen LogP contribution is 2.33. The van der Waals surface area contributed by atoms with Gasteiger partial charge in [0.25, 0.3) is 11.6 Å². The molecule has 0 bridgehead atoms. The molecule has 26 heavy (non-hydrogen) atoms. The highest BCUT2D eigenvalue weighted by molar-refractivity contribution is 5.89. The Morgan fingerprint density at radius 3 is 2.38 bits per heavy atom. The summed E-state index contributed by atoms with van der Waals surface area (Å²) in [5, 5.41) is 44.8. The average molecular weight is 360 g/mol. The summed E-state index contributed by atoms with van der Waals surface area (Å²) in [6, 6.07) is 9.43. The van der Waals surface area contributed by atoms with Gasteiger partial charge in [0, 0.05) is 6.07 Å². The third kappa shape index (κ3) is 4.15. The molecule has 0 aromatic heterocycles. The van der Waals surface area contributed by atoms with Gasteiger partial charge in [0.05, 0.1) is 27.7 Å². The second-order valence-corrected chi connectivity index (χ2v) is 4.96. The monoisotopic (exact) mass is 360 g/mol. The number of nitro benzene ring substituents is 2. The van der Waals surface area contributed by atoms with Gasteiger partial charge in [-0.25, -0.2) is 5.43 Å². The summed E-state index contributed by atoms with van der Waals surface area (Å²) in [4.78, 5) is 31.6. The molecule has 2 aromatic carbocycles. The number of nitro groups is 2. The smallest absolute Gasteiger partial charge is 0.318 e. The lowest BCUT2D eigenvalue weighted by atomic mass is 10.1. The van der Waals surface area contributed by atoms with Crippen molar-refractivity contribution in [1.82, 2.24) is 5.43 Å². The Hall–Kier alpha value is -3.86. The van der Waals surface area contributed by atoms with Crippen LogP contribution < -0.4 is 5.43 Å². The topological polar surface area (TPSA) is 168 Å². The number of phenolic OH excluding ortho intramolecular Hbond substituents is 1. The molecule has 1 amide bonds. The van der Waals surface area contributed by atoms with Gasteiger partial charge in [-0.3, -0.25) is 25.0 Å². The molecule has 134 valence electrons. The lowest BCUT2D eigenvalue weighted by Crippen LogP contribution is -2.25. The standard InChI is InChI=1S/C15H12N4O7/c20-13-10(6-11(18(23)24)7-12(13)19(25)26)8-16-17-15(22)14(21)9-4-2-1-3-5-9/h1-8,14,20-21H,(H,17,22)/b16-8-/t14-/m1/s1. The summed E-state index contributed by atoms with van der Waals surface area (Å²) in [6.07, 6.45) is -0.716. The Kier molecular flexibility index (Phi) is 5.55. The Bertz CT molecular complexity index is 883. The van der Waals surface area contributed by atoms with Crippen LogP contribution in [0.4, 0.5) is 11.4 Å². The van der Waals surface area contributed by atoms with E-state index in [1.54, 1.807) is 18.2 Å². The number of rotatable bonds is 6. The molecule has 0 heterocycles. The lowest BCUT2D eigenvalue weighted by Gasteiger charge is -2.08. The number of phenols is 1. The molecule has 1 atom stereocenters.